The number of allylic oxidation sites excluding steroid dienone is 13. The second-order valence-electron chi connectivity index (χ2n) is 13.0. The van der Waals surface area contributed by atoms with Crippen LogP contribution in [0.3, 0.4) is 0 Å². The van der Waals surface area contributed by atoms with E-state index in [1.54, 1.807) is 12.2 Å². The van der Waals surface area contributed by atoms with Crippen LogP contribution in [0.25, 0.3) is 0 Å². The lowest BCUT2D eigenvalue weighted by Crippen LogP contribution is -2.30. The van der Waals surface area contributed by atoms with Crippen molar-refractivity contribution in [3.8, 4) is 0 Å². The number of aliphatic hydroxyl groups is 1. The van der Waals surface area contributed by atoms with Gasteiger partial charge >= 0.3 is 19.8 Å². The van der Waals surface area contributed by atoms with Crippen molar-refractivity contribution < 1.29 is 42.7 Å². The van der Waals surface area contributed by atoms with Crippen LogP contribution in [0.15, 0.2) is 85.1 Å². The Balaban J connectivity index is 4.49. The molecule has 0 aromatic rings. The second-order valence-corrected chi connectivity index (χ2v) is 14.4. The highest BCUT2D eigenvalue weighted by Crippen LogP contribution is 2.43. The summed E-state index contributed by atoms with van der Waals surface area (Å²) in [7, 11) is -4.45. The molecule has 10 nitrogen and oxygen atoms in total. The predicted octanol–water partition coefficient (Wildman–Crippen LogP) is 10.2. The first-order valence-electron chi connectivity index (χ1n) is 20.2. The topological polar surface area (TPSA) is 155 Å². The molecule has 0 radical (unpaired) electrons. The zero-order valence-electron chi connectivity index (χ0n) is 33.3. The quantitative estimate of drug-likeness (QED) is 0.0184. The minimum absolute atomic E-state index is 0.0119. The van der Waals surface area contributed by atoms with E-state index in [-0.39, 0.29) is 39.0 Å². The van der Waals surface area contributed by atoms with Gasteiger partial charge in [-0.25, -0.2) is 4.57 Å². The van der Waals surface area contributed by atoms with E-state index in [9.17, 15) is 24.2 Å². The number of phosphoric ester groups is 1. The summed E-state index contributed by atoms with van der Waals surface area (Å²) in [5, 5.41) is 10.3. The van der Waals surface area contributed by atoms with Gasteiger partial charge in [-0.2, -0.15) is 0 Å². The van der Waals surface area contributed by atoms with Gasteiger partial charge in [-0.3, -0.25) is 18.6 Å². The Kier molecular flexibility index (Phi) is 36.4. The largest absolute Gasteiger partial charge is 0.472 e. The van der Waals surface area contributed by atoms with Crippen LogP contribution in [0.5, 0.6) is 0 Å². The van der Waals surface area contributed by atoms with Gasteiger partial charge in [0, 0.05) is 19.4 Å². The molecule has 0 bridgehead atoms. The van der Waals surface area contributed by atoms with Gasteiger partial charge in [0.1, 0.15) is 6.61 Å². The van der Waals surface area contributed by atoms with E-state index in [1.807, 2.05) is 12.2 Å². The van der Waals surface area contributed by atoms with Crippen molar-refractivity contribution in [3.63, 3.8) is 0 Å². The maximum atomic E-state index is 12.6. The van der Waals surface area contributed by atoms with Gasteiger partial charge in [0.15, 0.2) is 6.10 Å². The van der Waals surface area contributed by atoms with Crippen LogP contribution in [-0.4, -0.2) is 60.5 Å². The lowest BCUT2D eigenvalue weighted by molar-refractivity contribution is -0.161. The summed E-state index contributed by atoms with van der Waals surface area (Å²) in [5.74, 6) is -1.13. The van der Waals surface area contributed by atoms with Gasteiger partial charge < -0.3 is 25.2 Å². The summed E-state index contributed by atoms with van der Waals surface area (Å²) >= 11 is 0. The van der Waals surface area contributed by atoms with Crippen molar-refractivity contribution in [2.45, 2.75) is 148 Å². The Morgan fingerprint density at radius 2 is 1.24 bits per heavy atom. The molecule has 2 unspecified atom stereocenters. The van der Waals surface area contributed by atoms with Crippen molar-refractivity contribution >= 4 is 19.8 Å². The molecule has 0 aliphatic rings. The summed E-state index contributed by atoms with van der Waals surface area (Å²) in [6.45, 7) is 3.28. The highest BCUT2D eigenvalue weighted by molar-refractivity contribution is 7.47. The van der Waals surface area contributed by atoms with Crippen LogP contribution in [-0.2, 0) is 32.7 Å². The minimum Gasteiger partial charge on any atom is -0.462 e. The number of aliphatic hydroxyl groups excluding tert-OH is 1. The van der Waals surface area contributed by atoms with Crippen molar-refractivity contribution in [2.75, 3.05) is 26.4 Å². The predicted molar refractivity (Wildman–Crippen MR) is 221 cm³/mol. The zero-order valence-corrected chi connectivity index (χ0v) is 34.2. The number of ether oxygens (including phenoxy) is 2. The Bertz CT molecular complexity index is 1180. The molecule has 4 N–H and O–H groups in total. The van der Waals surface area contributed by atoms with E-state index in [2.05, 4.69) is 74.6 Å². The Morgan fingerprint density at radius 3 is 1.85 bits per heavy atom. The van der Waals surface area contributed by atoms with Crippen molar-refractivity contribution in [1.82, 2.24) is 0 Å². The smallest absolute Gasteiger partial charge is 0.462 e. The van der Waals surface area contributed by atoms with Gasteiger partial charge in [0.05, 0.1) is 19.3 Å². The number of carbonyl (C=O) groups is 2. The fourth-order valence-electron chi connectivity index (χ4n) is 4.85. The first-order valence-corrected chi connectivity index (χ1v) is 21.7. The number of hydrogen-bond acceptors (Lipinski definition) is 9. The summed E-state index contributed by atoms with van der Waals surface area (Å²) < 4.78 is 32.5. The minimum atomic E-state index is -4.45. The fourth-order valence-corrected chi connectivity index (χ4v) is 5.62. The average molecular weight is 778 g/mol. The molecule has 0 aromatic carbocycles. The van der Waals surface area contributed by atoms with Crippen LogP contribution in [0, 0.1) is 0 Å². The number of nitrogens with two attached hydrogens (primary N) is 1. The summed E-state index contributed by atoms with van der Waals surface area (Å²) in [6, 6.07) is 0. The Morgan fingerprint density at radius 1 is 0.667 bits per heavy atom. The van der Waals surface area contributed by atoms with Gasteiger partial charge in [0.25, 0.3) is 0 Å². The summed E-state index contributed by atoms with van der Waals surface area (Å²) in [4.78, 5) is 34.8. The van der Waals surface area contributed by atoms with Gasteiger partial charge in [-0.1, -0.05) is 137 Å². The molecule has 0 aliphatic heterocycles. The molecule has 11 heteroatoms. The molecule has 54 heavy (non-hydrogen) atoms. The van der Waals surface area contributed by atoms with Gasteiger partial charge in [0.2, 0.25) is 0 Å². The molecule has 0 heterocycles. The maximum absolute atomic E-state index is 12.6. The first-order chi connectivity index (χ1) is 26.2. The molecular formula is C43H72NO9P. The number of rotatable bonds is 36. The van der Waals surface area contributed by atoms with E-state index in [4.69, 9.17) is 24.3 Å². The summed E-state index contributed by atoms with van der Waals surface area (Å²) in [5.41, 5.74) is 5.32. The molecule has 0 saturated heterocycles. The second kappa shape index (κ2) is 38.4. The monoisotopic (exact) mass is 777 g/mol. The van der Waals surface area contributed by atoms with Crippen LogP contribution < -0.4 is 5.73 Å². The lowest BCUT2D eigenvalue weighted by atomic mass is 10.1. The van der Waals surface area contributed by atoms with Gasteiger partial charge in [-0.05, 0) is 70.6 Å². The van der Waals surface area contributed by atoms with E-state index >= 15 is 0 Å². The molecule has 0 spiro atoms. The maximum Gasteiger partial charge on any atom is 0.472 e. The summed E-state index contributed by atoms with van der Waals surface area (Å²) in [6.07, 6.45) is 43.7. The molecule has 0 amide bonds. The number of hydrogen-bond donors (Lipinski definition) is 3. The molecule has 3 atom stereocenters. The third-order valence-electron chi connectivity index (χ3n) is 7.88. The molecule has 0 aromatic heterocycles. The number of esters is 2. The average Bonchev–Trinajstić information content (AvgIpc) is 3.15. The van der Waals surface area contributed by atoms with Crippen LogP contribution >= 0.6 is 7.82 Å². The zero-order chi connectivity index (χ0) is 39.8. The third kappa shape index (κ3) is 37.5. The molecule has 0 aliphatic carbocycles. The van der Waals surface area contributed by atoms with Crippen LogP contribution in [0.1, 0.15) is 136 Å². The molecule has 0 fully saturated rings. The van der Waals surface area contributed by atoms with E-state index in [0.717, 1.165) is 70.6 Å². The number of phosphoric acid groups is 1. The lowest BCUT2D eigenvalue weighted by Gasteiger charge is -2.20. The highest BCUT2D eigenvalue weighted by Gasteiger charge is 2.26. The standard InChI is InChI=1S/C43H72NO9P/c1-3-5-7-9-11-13-15-17-18-19-21-22-24-26-28-30-32-40(45)34-35-43(47)53-41(39-52-54(48,49)51-37-36-44)38-50-42(46)33-31-29-27-25-23-20-16-14-12-10-8-6-4-2/h5,7,11,13-14,16-18,21-22,26,28,30,32,40-41,45H,3-4,6,8-10,12,15,19-20,23-25,27,29,31,33-39,44H2,1-2H3,(H,48,49)/b7-5-,13-11-,16-14-,18-17-,22-21-,28-26-,32-30-/t40?,41-/m1/s1. The number of carbonyl (C=O) groups excluding carboxylic acids is 2. The van der Waals surface area contributed by atoms with Crippen LogP contribution in [0.2, 0.25) is 0 Å². The molecule has 0 rings (SSSR count). The SMILES string of the molecule is CC/C=C\C/C=C\C/C=C\C/C=C\C/C=C\C=C/C(O)CCC(=O)O[C@H](COC(=O)CCCCCCC/C=C\CCCCCC)COP(=O)(O)OCCN. The molecule has 0 saturated carbocycles. The number of unbranched alkanes of at least 4 members (excludes halogenated alkanes) is 9. The van der Waals surface area contributed by atoms with Crippen LogP contribution in [0.4, 0.5) is 0 Å². The highest BCUT2D eigenvalue weighted by atomic mass is 31.2. The normalized spacial score (nSPS) is 14.8. The Hall–Kier alpha value is -2.85. The van der Waals surface area contributed by atoms with E-state index in [0.29, 0.717) is 6.42 Å². The van der Waals surface area contributed by atoms with Gasteiger partial charge in [-0.15, -0.1) is 0 Å². The fraction of sp³-hybridized carbons (Fsp3) is 0.628. The third-order valence-corrected chi connectivity index (χ3v) is 8.87. The Labute approximate surface area is 326 Å². The van der Waals surface area contributed by atoms with Crippen molar-refractivity contribution in [1.29, 1.82) is 0 Å². The first kappa shape index (κ1) is 51.1. The molecule has 308 valence electrons. The van der Waals surface area contributed by atoms with Crippen molar-refractivity contribution in [3.05, 3.63) is 85.1 Å². The van der Waals surface area contributed by atoms with Crippen molar-refractivity contribution in [2.24, 2.45) is 5.73 Å². The molecular weight excluding hydrogens is 705 g/mol. The van der Waals surface area contributed by atoms with E-state index < -0.39 is 38.6 Å². The van der Waals surface area contributed by atoms with E-state index in [1.165, 1.54) is 25.7 Å².